The summed E-state index contributed by atoms with van der Waals surface area (Å²) in [7, 11) is 1.42. The Morgan fingerprint density at radius 2 is 2.35 bits per heavy atom. The number of carbonyl (C=O) groups excluding carboxylic acids is 1. The van der Waals surface area contributed by atoms with E-state index in [0.717, 1.165) is 26.2 Å². The lowest BCUT2D eigenvalue weighted by molar-refractivity contribution is 0.0600. The van der Waals surface area contributed by atoms with Crippen molar-refractivity contribution in [3.8, 4) is 0 Å². The third-order valence-electron chi connectivity index (χ3n) is 3.73. The van der Waals surface area contributed by atoms with Crippen molar-refractivity contribution in [3.05, 3.63) is 35.4 Å². The van der Waals surface area contributed by atoms with Crippen LogP contribution >= 0.6 is 0 Å². The number of piperazine rings is 1. The maximum Gasteiger partial charge on any atom is 0.337 e. The van der Waals surface area contributed by atoms with Crippen LogP contribution in [0.1, 0.15) is 35.7 Å². The molecule has 0 aromatic heterocycles. The van der Waals surface area contributed by atoms with Gasteiger partial charge < -0.3 is 10.1 Å². The van der Waals surface area contributed by atoms with E-state index < -0.39 is 0 Å². The van der Waals surface area contributed by atoms with Gasteiger partial charge in [0, 0.05) is 32.2 Å². The van der Waals surface area contributed by atoms with Crippen LogP contribution in [0.5, 0.6) is 0 Å². The van der Waals surface area contributed by atoms with Gasteiger partial charge in [-0.05, 0) is 24.1 Å². The molecule has 1 atom stereocenters. The van der Waals surface area contributed by atoms with E-state index in [0.29, 0.717) is 11.6 Å². The first-order valence-corrected chi connectivity index (χ1v) is 7.36. The molecule has 1 heterocycles. The van der Waals surface area contributed by atoms with Crippen LogP contribution in [0.4, 0.5) is 0 Å². The summed E-state index contributed by atoms with van der Waals surface area (Å²) in [5.41, 5.74) is 1.80. The molecule has 0 spiro atoms. The van der Waals surface area contributed by atoms with Gasteiger partial charge in [0.2, 0.25) is 0 Å². The van der Waals surface area contributed by atoms with E-state index >= 15 is 0 Å². The third kappa shape index (κ3) is 4.05. The van der Waals surface area contributed by atoms with Crippen molar-refractivity contribution in [2.75, 3.05) is 26.7 Å². The Kier molecular flexibility index (Phi) is 5.56. The highest BCUT2D eigenvalue weighted by Gasteiger charge is 2.18. The second-order valence-electron chi connectivity index (χ2n) is 5.37. The quantitative estimate of drug-likeness (QED) is 0.836. The minimum atomic E-state index is -0.268. The summed E-state index contributed by atoms with van der Waals surface area (Å²) < 4.78 is 4.77. The van der Waals surface area contributed by atoms with Gasteiger partial charge in [0.15, 0.2) is 0 Å². The Morgan fingerprint density at radius 3 is 3.10 bits per heavy atom. The van der Waals surface area contributed by atoms with Gasteiger partial charge in [0.05, 0.1) is 12.7 Å². The normalized spacial score (nSPS) is 19.8. The van der Waals surface area contributed by atoms with Gasteiger partial charge in [-0.1, -0.05) is 25.5 Å². The molecule has 0 amide bonds. The largest absolute Gasteiger partial charge is 0.465 e. The Labute approximate surface area is 121 Å². The fourth-order valence-electron chi connectivity index (χ4n) is 2.75. The monoisotopic (exact) mass is 276 g/mol. The first-order valence-electron chi connectivity index (χ1n) is 7.36. The number of hydrogen-bond donors (Lipinski definition) is 1. The molecule has 1 aliphatic rings. The minimum absolute atomic E-state index is 0.268. The zero-order valence-electron chi connectivity index (χ0n) is 12.4. The maximum absolute atomic E-state index is 11.5. The summed E-state index contributed by atoms with van der Waals surface area (Å²) in [5, 5.41) is 3.56. The lowest BCUT2D eigenvalue weighted by Gasteiger charge is -2.33. The standard InChI is InChI=1S/C16H24N2O2/c1-3-5-15-12-18(9-8-17-15)11-13-6-4-7-14(10-13)16(19)20-2/h4,6-7,10,15,17H,3,5,8-9,11-12H2,1-2H3/t15-/m1/s1. The second kappa shape index (κ2) is 7.41. The summed E-state index contributed by atoms with van der Waals surface area (Å²) >= 11 is 0. The van der Waals surface area contributed by atoms with Crippen LogP contribution in [0.25, 0.3) is 0 Å². The molecule has 0 unspecified atom stereocenters. The number of nitrogens with zero attached hydrogens (tertiary/aromatic N) is 1. The molecule has 20 heavy (non-hydrogen) atoms. The summed E-state index contributed by atoms with van der Waals surface area (Å²) in [5.74, 6) is -0.268. The van der Waals surface area contributed by atoms with Crippen LogP contribution < -0.4 is 5.32 Å². The summed E-state index contributed by atoms with van der Waals surface area (Å²) in [6, 6.07) is 8.32. The van der Waals surface area contributed by atoms with Crippen LogP contribution in [0, 0.1) is 0 Å². The van der Waals surface area contributed by atoms with Gasteiger partial charge in [-0.2, -0.15) is 0 Å². The molecule has 110 valence electrons. The molecule has 0 aliphatic carbocycles. The molecule has 1 saturated heterocycles. The molecular formula is C16H24N2O2. The molecule has 1 fully saturated rings. The van der Waals surface area contributed by atoms with Crippen molar-refractivity contribution in [3.63, 3.8) is 0 Å². The van der Waals surface area contributed by atoms with Crippen molar-refractivity contribution in [2.45, 2.75) is 32.4 Å². The topological polar surface area (TPSA) is 41.6 Å². The van der Waals surface area contributed by atoms with Crippen LogP contribution in [0.2, 0.25) is 0 Å². The maximum atomic E-state index is 11.5. The smallest absolute Gasteiger partial charge is 0.337 e. The minimum Gasteiger partial charge on any atom is -0.465 e. The van der Waals surface area contributed by atoms with Crippen LogP contribution in [0.3, 0.4) is 0 Å². The molecule has 4 heteroatoms. The van der Waals surface area contributed by atoms with Crippen LogP contribution in [-0.4, -0.2) is 43.7 Å². The van der Waals surface area contributed by atoms with Crippen molar-refractivity contribution in [2.24, 2.45) is 0 Å². The Balaban J connectivity index is 1.97. The van der Waals surface area contributed by atoms with Gasteiger partial charge in [-0.15, -0.1) is 0 Å². The summed E-state index contributed by atoms with van der Waals surface area (Å²) in [6.45, 7) is 6.30. The summed E-state index contributed by atoms with van der Waals surface area (Å²) in [6.07, 6.45) is 2.43. The van der Waals surface area contributed by atoms with Gasteiger partial charge in [0.25, 0.3) is 0 Å². The first kappa shape index (κ1) is 15.0. The Bertz CT molecular complexity index is 446. The van der Waals surface area contributed by atoms with E-state index in [9.17, 15) is 4.79 Å². The van der Waals surface area contributed by atoms with E-state index in [-0.39, 0.29) is 5.97 Å². The number of carbonyl (C=O) groups is 1. The predicted octanol–water partition coefficient (Wildman–Crippen LogP) is 2.05. The highest BCUT2D eigenvalue weighted by atomic mass is 16.5. The molecule has 1 aliphatic heterocycles. The van der Waals surface area contributed by atoms with Gasteiger partial charge in [0.1, 0.15) is 0 Å². The van der Waals surface area contributed by atoms with Crippen LogP contribution in [-0.2, 0) is 11.3 Å². The average molecular weight is 276 g/mol. The fraction of sp³-hybridized carbons (Fsp3) is 0.562. The third-order valence-corrected chi connectivity index (χ3v) is 3.73. The number of benzene rings is 1. The summed E-state index contributed by atoms with van der Waals surface area (Å²) in [4.78, 5) is 14.0. The Hall–Kier alpha value is -1.39. The number of methoxy groups -OCH3 is 1. The van der Waals surface area contributed by atoms with Crippen molar-refractivity contribution >= 4 is 5.97 Å². The number of nitrogens with one attached hydrogen (secondary N) is 1. The van der Waals surface area contributed by atoms with Crippen LogP contribution in [0.15, 0.2) is 24.3 Å². The molecule has 2 rings (SSSR count). The molecule has 1 aromatic rings. The average Bonchev–Trinajstić information content (AvgIpc) is 2.47. The van der Waals surface area contributed by atoms with E-state index in [1.54, 1.807) is 6.07 Å². The zero-order valence-corrected chi connectivity index (χ0v) is 12.4. The lowest BCUT2D eigenvalue weighted by Crippen LogP contribution is -2.50. The van der Waals surface area contributed by atoms with E-state index in [1.807, 2.05) is 12.1 Å². The van der Waals surface area contributed by atoms with E-state index in [2.05, 4.69) is 23.2 Å². The molecular weight excluding hydrogens is 252 g/mol. The number of ether oxygens (including phenoxy) is 1. The number of hydrogen-bond acceptors (Lipinski definition) is 4. The second-order valence-corrected chi connectivity index (χ2v) is 5.37. The molecule has 0 saturated carbocycles. The lowest BCUT2D eigenvalue weighted by atomic mass is 10.1. The fourth-order valence-corrected chi connectivity index (χ4v) is 2.75. The van der Waals surface area contributed by atoms with Crippen molar-refractivity contribution in [1.82, 2.24) is 10.2 Å². The zero-order chi connectivity index (χ0) is 14.4. The van der Waals surface area contributed by atoms with Gasteiger partial charge in [-0.3, -0.25) is 4.90 Å². The van der Waals surface area contributed by atoms with E-state index in [4.69, 9.17) is 4.74 Å². The van der Waals surface area contributed by atoms with Crippen molar-refractivity contribution in [1.29, 1.82) is 0 Å². The highest BCUT2D eigenvalue weighted by Crippen LogP contribution is 2.12. The number of esters is 1. The van der Waals surface area contributed by atoms with Crippen molar-refractivity contribution < 1.29 is 9.53 Å². The molecule has 4 nitrogen and oxygen atoms in total. The molecule has 0 radical (unpaired) electrons. The van der Waals surface area contributed by atoms with E-state index in [1.165, 1.54) is 25.5 Å². The molecule has 1 aromatic carbocycles. The number of rotatable bonds is 5. The predicted molar refractivity (Wildman–Crippen MR) is 79.8 cm³/mol. The van der Waals surface area contributed by atoms with Gasteiger partial charge >= 0.3 is 5.97 Å². The Morgan fingerprint density at radius 1 is 1.50 bits per heavy atom. The first-order chi connectivity index (χ1) is 9.72. The molecule has 0 bridgehead atoms. The highest BCUT2D eigenvalue weighted by molar-refractivity contribution is 5.89. The van der Waals surface area contributed by atoms with Gasteiger partial charge in [-0.25, -0.2) is 4.79 Å². The molecule has 1 N–H and O–H groups in total. The SMILES string of the molecule is CCC[C@@H]1CN(Cc2cccc(C(=O)OC)c2)CCN1.